The number of rotatable bonds is 1. The zero-order chi connectivity index (χ0) is 12.1. The van der Waals surface area contributed by atoms with Gasteiger partial charge in [0, 0.05) is 30.7 Å². The summed E-state index contributed by atoms with van der Waals surface area (Å²) in [4.78, 5) is 10.4. The van der Waals surface area contributed by atoms with Gasteiger partial charge in [-0.1, -0.05) is 0 Å². The highest BCUT2D eigenvalue weighted by molar-refractivity contribution is 5.93. The molecule has 4 nitrogen and oxygen atoms in total. The lowest BCUT2D eigenvalue weighted by Crippen LogP contribution is -3.00. The number of fused-ring (bicyclic) bond motifs is 1. The van der Waals surface area contributed by atoms with Crippen molar-refractivity contribution < 1.29 is 21.9 Å². The molecule has 5 heteroatoms. The van der Waals surface area contributed by atoms with E-state index in [9.17, 15) is 10.1 Å². The number of nitro benzene ring substituents is 1. The Morgan fingerprint density at radius 2 is 1.94 bits per heavy atom. The van der Waals surface area contributed by atoms with Gasteiger partial charge in [0.25, 0.3) is 5.69 Å². The fraction of sp³-hybridized carbons (Fsp3) is 0.417. The van der Waals surface area contributed by atoms with E-state index in [1.807, 2.05) is 13.1 Å². The minimum absolute atomic E-state index is 0. The molecule has 0 spiro atoms. The molecule has 0 aromatic heterocycles. The predicted octanol–water partition coefficient (Wildman–Crippen LogP) is -0.375. The normalized spacial score (nSPS) is 16.5. The van der Waals surface area contributed by atoms with Crippen molar-refractivity contribution in [3.05, 3.63) is 33.9 Å². The van der Waals surface area contributed by atoms with Gasteiger partial charge in [-0.15, -0.1) is 0 Å². The van der Waals surface area contributed by atoms with Crippen molar-refractivity contribution in [2.24, 2.45) is 0 Å². The van der Waals surface area contributed by atoms with E-state index in [0.29, 0.717) is 0 Å². The van der Waals surface area contributed by atoms with Gasteiger partial charge in [0.2, 0.25) is 5.69 Å². The molecule has 0 radical (unpaired) electrons. The first-order valence-electron chi connectivity index (χ1n) is 5.22. The molecule has 0 unspecified atom stereocenters. The zero-order valence-corrected chi connectivity index (χ0v) is 11.1. The van der Waals surface area contributed by atoms with Crippen LogP contribution < -0.4 is 12.4 Å². The third-order valence-electron chi connectivity index (χ3n) is 3.63. The van der Waals surface area contributed by atoms with E-state index in [1.54, 1.807) is 12.1 Å². The van der Waals surface area contributed by atoms with E-state index in [4.69, 9.17) is 0 Å². The fourth-order valence-electron chi connectivity index (χ4n) is 2.23. The summed E-state index contributed by atoms with van der Waals surface area (Å²) in [6.07, 6.45) is 0. The summed E-state index contributed by atoms with van der Waals surface area (Å²) in [5, 5.41) is 10.8. The highest BCUT2D eigenvalue weighted by Crippen LogP contribution is 2.40. The van der Waals surface area contributed by atoms with Crippen LogP contribution in [0.4, 0.5) is 11.4 Å². The quantitative estimate of drug-likeness (QED) is 0.390. The van der Waals surface area contributed by atoms with Gasteiger partial charge in [-0.05, 0) is 13.8 Å². The molecule has 0 N–H and O–H groups in total. The summed E-state index contributed by atoms with van der Waals surface area (Å²) in [5.41, 5.74) is 3.34. The summed E-state index contributed by atoms with van der Waals surface area (Å²) in [5.74, 6) is 0. The molecule has 92 valence electrons. The molecule has 1 aromatic rings. The van der Waals surface area contributed by atoms with E-state index in [0.717, 1.165) is 11.3 Å². The first-order chi connectivity index (χ1) is 7.35. The van der Waals surface area contributed by atoms with Crippen molar-refractivity contribution in [2.75, 3.05) is 7.05 Å². The highest BCUT2D eigenvalue weighted by Gasteiger charge is 2.42. The number of benzene rings is 1. The SMILES string of the molecule is CC1=[N+](C)c2ccc([N+](=O)[O-])cc2C1(C)C.[Cl-]. The van der Waals surface area contributed by atoms with Gasteiger partial charge >= 0.3 is 0 Å². The molecule has 0 saturated carbocycles. The lowest BCUT2D eigenvalue weighted by molar-refractivity contribution is -0.403. The fourth-order valence-corrected chi connectivity index (χ4v) is 2.23. The maximum atomic E-state index is 10.8. The number of hydrogen-bond acceptors (Lipinski definition) is 2. The molecule has 1 aromatic carbocycles. The van der Waals surface area contributed by atoms with Crippen molar-refractivity contribution in [3.8, 4) is 0 Å². The number of halogens is 1. The molecule has 0 bridgehead atoms. The van der Waals surface area contributed by atoms with Gasteiger partial charge in [-0.2, -0.15) is 0 Å². The van der Waals surface area contributed by atoms with Gasteiger partial charge in [-0.25, -0.2) is 4.58 Å². The summed E-state index contributed by atoms with van der Waals surface area (Å²) < 4.78 is 2.10. The van der Waals surface area contributed by atoms with Gasteiger partial charge < -0.3 is 12.4 Å². The van der Waals surface area contributed by atoms with Crippen molar-refractivity contribution in [3.63, 3.8) is 0 Å². The summed E-state index contributed by atoms with van der Waals surface area (Å²) in [7, 11) is 1.99. The molecule has 1 heterocycles. The Bertz CT molecular complexity index is 521. The van der Waals surface area contributed by atoms with E-state index in [-0.39, 0.29) is 28.4 Å². The molecule has 0 fully saturated rings. The first kappa shape index (κ1) is 13.6. The minimum Gasteiger partial charge on any atom is -1.00 e. The van der Waals surface area contributed by atoms with Gasteiger partial charge in [0.15, 0.2) is 5.71 Å². The monoisotopic (exact) mass is 254 g/mol. The van der Waals surface area contributed by atoms with Crippen LogP contribution in [0.1, 0.15) is 26.3 Å². The van der Waals surface area contributed by atoms with E-state index < -0.39 is 0 Å². The van der Waals surface area contributed by atoms with Crippen LogP contribution in [0.5, 0.6) is 0 Å². The molecule has 0 atom stereocenters. The Kier molecular flexibility index (Phi) is 3.30. The number of non-ortho nitro benzene ring substituents is 1. The van der Waals surface area contributed by atoms with Crippen LogP contribution in [0.2, 0.25) is 0 Å². The first-order valence-corrected chi connectivity index (χ1v) is 5.22. The third-order valence-corrected chi connectivity index (χ3v) is 3.63. The Morgan fingerprint density at radius 1 is 1.35 bits per heavy atom. The lowest BCUT2D eigenvalue weighted by atomic mass is 9.82. The van der Waals surface area contributed by atoms with Crippen LogP contribution in [0.3, 0.4) is 0 Å². The van der Waals surface area contributed by atoms with Gasteiger partial charge in [-0.3, -0.25) is 10.1 Å². The van der Waals surface area contributed by atoms with Crippen LogP contribution in [0.25, 0.3) is 0 Å². The molecular weight excluding hydrogens is 240 g/mol. The van der Waals surface area contributed by atoms with E-state index in [2.05, 4.69) is 25.3 Å². The Morgan fingerprint density at radius 3 is 2.47 bits per heavy atom. The second-order valence-corrected chi connectivity index (χ2v) is 4.73. The molecule has 0 amide bonds. The van der Waals surface area contributed by atoms with Crippen LogP contribution in [0, 0.1) is 10.1 Å². The molecule has 1 aliphatic rings. The Hall–Kier alpha value is -1.42. The van der Waals surface area contributed by atoms with Crippen molar-refractivity contribution >= 4 is 17.1 Å². The van der Waals surface area contributed by atoms with E-state index in [1.165, 1.54) is 5.71 Å². The Labute approximate surface area is 107 Å². The number of nitrogens with zero attached hydrogens (tertiary/aromatic N) is 2. The molecule has 0 saturated heterocycles. The maximum absolute atomic E-state index is 10.8. The third kappa shape index (κ3) is 1.82. The van der Waals surface area contributed by atoms with Crippen molar-refractivity contribution in [1.29, 1.82) is 0 Å². The molecule has 17 heavy (non-hydrogen) atoms. The largest absolute Gasteiger partial charge is 1.00 e. The number of nitro groups is 1. The standard InChI is InChI=1S/C12H15N2O2.ClH/c1-8-12(2,3)10-7-9(14(15)16)5-6-11(10)13(8)4;/h5-7H,1-4H3;1H/q+1;/p-1. The topological polar surface area (TPSA) is 46.1 Å². The number of hydrogen-bond donors (Lipinski definition) is 0. The van der Waals surface area contributed by atoms with Gasteiger partial charge in [0.1, 0.15) is 7.05 Å². The van der Waals surface area contributed by atoms with Crippen LogP contribution in [0.15, 0.2) is 18.2 Å². The average Bonchev–Trinajstić information content (AvgIpc) is 2.40. The van der Waals surface area contributed by atoms with Crippen molar-refractivity contribution in [2.45, 2.75) is 26.2 Å². The second-order valence-electron chi connectivity index (χ2n) is 4.73. The van der Waals surface area contributed by atoms with E-state index >= 15 is 0 Å². The summed E-state index contributed by atoms with van der Waals surface area (Å²) >= 11 is 0. The maximum Gasteiger partial charge on any atom is 0.270 e. The van der Waals surface area contributed by atoms with Crippen LogP contribution in [-0.4, -0.2) is 22.3 Å². The predicted molar refractivity (Wildman–Crippen MR) is 62.6 cm³/mol. The van der Waals surface area contributed by atoms with Crippen LogP contribution >= 0.6 is 0 Å². The van der Waals surface area contributed by atoms with Crippen molar-refractivity contribution in [1.82, 2.24) is 0 Å². The lowest BCUT2D eigenvalue weighted by Gasteiger charge is -2.14. The molecule has 0 aliphatic carbocycles. The van der Waals surface area contributed by atoms with Crippen LogP contribution in [-0.2, 0) is 5.41 Å². The Balaban J connectivity index is 0.00000144. The second kappa shape index (κ2) is 4.11. The zero-order valence-electron chi connectivity index (χ0n) is 10.3. The summed E-state index contributed by atoms with van der Waals surface area (Å²) in [6.45, 7) is 6.24. The average molecular weight is 255 g/mol. The molecule has 1 aliphatic heterocycles. The smallest absolute Gasteiger partial charge is 0.270 e. The molecular formula is C12H15ClN2O2. The highest BCUT2D eigenvalue weighted by atomic mass is 35.5. The molecule has 2 rings (SSSR count). The van der Waals surface area contributed by atoms with Gasteiger partial charge in [0.05, 0.1) is 10.3 Å². The summed E-state index contributed by atoms with van der Waals surface area (Å²) in [6, 6.07) is 5.07. The minimum atomic E-state index is -0.343.